The quantitative estimate of drug-likeness (QED) is 0.228. The summed E-state index contributed by atoms with van der Waals surface area (Å²) >= 11 is 1.63. The molecule has 1 aromatic heterocycles. The Morgan fingerprint density at radius 1 is 0.860 bits per heavy atom. The summed E-state index contributed by atoms with van der Waals surface area (Å²) in [7, 11) is 0. The van der Waals surface area contributed by atoms with Crippen LogP contribution in [-0.2, 0) is 27.1 Å². The molecule has 2 aliphatic heterocycles. The van der Waals surface area contributed by atoms with E-state index in [1.165, 1.54) is 48.5 Å². The highest BCUT2D eigenvalue weighted by Gasteiger charge is 2.56. The molecule has 4 aromatic rings. The molecule has 0 spiro atoms. The number of nitrogens with zero attached hydrogens (tertiary/aromatic N) is 2. The highest BCUT2D eigenvalue weighted by atomic mass is 32.2. The van der Waals surface area contributed by atoms with Crippen molar-refractivity contribution in [2.75, 3.05) is 10.2 Å². The number of thiazole rings is 1. The van der Waals surface area contributed by atoms with Gasteiger partial charge in [0, 0.05) is 10.8 Å². The van der Waals surface area contributed by atoms with Gasteiger partial charge in [-0.3, -0.25) is 23.7 Å². The molecule has 0 unspecified atom stereocenters. The summed E-state index contributed by atoms with van der Waals surface area (Å²) in [5.41, 5.74) is -0.960. The maximum atomic E-state index is 13.8. The van der Waals surface area contributed by atoms with E-state index in [9.17, 15) is 41.1 Å². The number of anilines is 2. The molecule has 3 heterocycles. The van der Waals surface area contributed by atoms with Crippen LogP contribution in [0, 0.1) is 17.6 Å². The number of carbonyl (C=O) groups is 3. The third kappa shape index (κ3) is 5.14. The average molecular weight is 632 g/mol. The van der Waals surface area contributed by atoms with Gasteiger partial charge >= 0.3 is 11.0 Å². The molecule has 1 fully saturated rings. The number of hydrogen-bond donors (Lipinski definition) is 1. The zero-order valence-electron chi connectivity index (χ0n) is 21.6. The van der Waals surface area contributed by atoms with Gasteiger partial charge in [0.15, 0.2) is 0 Å². The van der Waals surface area contributed by atoms with Crippen molar-refractivity contribution in [2.24, 2.45) is 5.92 Å². The highest BCUT2D eigenvalue weighted by molar-refractivity contribution is 8.00. The number of rotatable bonds is 5. The molecule has 3 atom stereocenters. The van der Waals surface area contributed by atoms with Gasteiger partial charge in [-0.1, -0.05) is 47.4 Å². The Morgan fingerprint density at radius 3 is 2.14 bits per heavy atom. The van der Waals surface area contributed by atoms with Crippen molar-refractivity contribution < 1.29 is 36.3 Å². The van der Waals surface area contributed by atoms with Gasteiger partial charge in [-0.05, 0) is 54.1 Å². The zero-order chi connectivity index (χ0) is 30.6. The summed E-state index contributed by atoms with van der Waals surface area (Å²) in [4.78, 5) is 54.2. The van der Waals surface area contributed by atoms with Crippen molar-refractivity contribution in [2.45, 2.75) is 28.9 Å². The van der Waals surface area contributed by atoms with Gasteiger partial charge in [0.2, 0.25) is 17.7 Å². The number of aromatic nitrogens is 1. The minimum Gasteiger partial charge on any atom is -0.324 e. The number of imide groups is 1. The Bertz CT molecular complexity index is 1820. The van der Waals surface area contributed by atoms with E-state index in [0.29, 0.717) is 10.4 Å². The van der Waals surface area contributed by atoms with Gasteiger partial charge in [-0.2, -0.15) is 13.2 Å². The van der Waals surface area contributed by atoms with Crippen molar-refractivity contribution in [3.8, 4) is 0 Å². The first kappa shape index (κ1) is 28.8. The Balaban J connectivity index is 1.39. The Kier molecular flexibility index (Phi) is 7.21. The normalized spacial score (nSPS) is 19.7. The maximum Gasteiger partial charge on any atom is 0.418 e. The summed E-state index contributed by atoms with van der Waals surface area (Å²) < 4.78 is 68.8. The van der Waals surface area contributed by atoms with Crippen LogP contribution in [0.3, 0.4) is 0 Å². The van der Waals surface area contributed by atoms with Gasteiger partial charge in [-0.25, -0.2) is 13.7 Å². The van der Waals surface area contributed by atoms with Crippen LogP contribution in [0.2, 0.25) is 0 Å². The van der Waals surface area contributed by atoms with Gasteiger partial charge < -0.3 is 5.32 Å². The Labute approximate surface area is 247 Å². The first-order chi connectivity index (χ1) is 20.4. The number of amides is 3. The van der Waals surface area contributed by atoms with E-state index in [4.69, 9.17) is 0 Å². The number of fused-ring (bicyclic) bond motifs is 2. The number of carbonyl (C=O) groups excluding carboxylic acids is 3. The number of nitrogens with one attached hydrogen (secondary N) is 1. The van der Waals surface area contributed by atoms with Crippen LogP contribution in [0.5, 0.6) is 0 Å². The number of halogens is 5. The van der Waals surface area contributed by atoms with Crippen molar-refractivity contribution >= 4 is 52.2 Å². The molecule has 1 N–H and O–H groups in total. The second-order valence-electron chi connectivity index (χ2n) is 9.80. The van der Waals surface area contributed by atoms with E-state index < -0.39 is 75.3 Å². The fraction of sp³-hybridized carbons (Fsp3) is 0.172. The lowest BCUT2D eigenvalue weighted by Crippen LogP contribution is -2.33. The van der Waals surface area contributed by atoms with Crippen molar-refractivity contribution in [3.63, 3.8) is 0 Å². The van der Waals surface area contributed by atoms with Crippen LogP contribution in [0.25, 0.3) is 0 Å². The minimum absolute atomic E-state index is 0.146. The van der Waals surface area contributed by atoms with Crippen LogP contribution in [0.4, 0.5) is 33.3 Å². The van der Waals surface area contributed by atoms with E-state index >= 15 is 0 Å². The second kappa shape index (κ2) is 10.8. The molecule has 2 aliphatic rings. The van der Waals surface area contributed by atoms with Crippen molar-refractivity contribution in [3.05, 3.63) is 110 Å². The first-order valence-corrected chi connectivity index (χ1v) is 14.4. The van der Waals surface area contributed by atoms with Crippen LogP contribution in [0.1, 0.15) is 21.9 Å². The lowest BCUT2D eigenvalue weighted by molar-refractivity contribution is -0.137. The molecule has 43 heavy (non-hydrogen) atoms. The Hall–Kier alpha value is -4.30. The molecular formula is C29H18F5N3O4S2. The lowest BCUT2D eigenvalue weighted by atomic mass is 9.83. The molecule has 14 heteroatoms. The topological polar surface area (TPSA) is 88.5 Å². The summed E-state index contributed by atoms with van der Waals surface area (Å²) in [6.45, 7) is -0.665. The van der Waals surface area contributed by atoms with E-state index in [1.54, 1.807) is 0 Å². The molecule has 0 bridgehead atoms. The third-order valence-electron chi connectivity index (χ3n) is 7.17. The molecule has 3 aromatic carbocycles. The van der Waals surface area contributed by atoms with E-state index in [0.717, 1.165) is 56.8 Å². The largest absolute Gasteiger partial charge is 0.418 e. The van der Waals surface area contributed by atoms with Gasteiger partial charge in [0.05, 0.1) is 27.9 Å². The predicted octanol–water partition coefficient (Wildman–Crippen LogP) is 5.64. The van der Waals surface area contributed by atoms with Crippen molar-refractivity contribution in [1.82, 2.24) is 4.57 Å². The highest BCUT2D eigenvalue weighted by Crippen LogP contribution is 2.53. The molecule has 1 saturated heterocycles. The average Bonchev–Trinajstić information content (AvgIpc) is 3.40. The third-order valence-corrected chi connectivity index (χ3v) is 9.78. The lowest BCUT2D eigenvalue weighted by Gasteiger charge is -2.30. The van der Waals surface area contributed by atoms with Crippen LogP contribution >= 0.6 is 23.1 Å². The molecule has 7 nitrogen and oxygen atoms in total. The van der Waals surface area contributed by atoms with E-state index in [-0.39, 0.29) is 10.7 Å². The standard InChI is InChI=1S/C29H18F5N3O4S2/c30-15-7-5-14(6-8-15)21-22-23(26(40)37(25(22)39)17-11-9-16(31)10-12-17)42-27-24(21)43-28(41)36(27)13-20(38)35-19-4-2-1-3-18(19)29(32,33)34/h1-12,21-23H,13H2,(H,35,38)/t21-,22-,23+/m0/s1. The van der Waals surface area contributed by atoms with Gasteiger partial charge in [0.1, 0.15) is 23.4 Å². The maximum absolute atomic E-state index is 13.8. The first-order valence-electron chi connectivity index (χ1n) is 12.7. The molecule has 3 amide bonds. The summed E-state index contributed by atoms with van der Waals surface area (Å²) in [5.74, 6) is -5.14. The number of thioether (sulfide) groups is 1. The van der Waals surface area contributed by atoms with Crippen LogP contribution in [-0.4, -0.2) is 27.5 Å². The number of para-hydroxylation sites is 1. The SMILES string of the molecule is O=C(Cn1c2c(sc1=O)[C@@H](c1ccc(F)cc1)[C@@H]1C(=O)N(c3ccc(F)cc3)C(=O)[C@@H]1S2)Nc1ccccc1C(F)(F)F. The van der Waals surface area contributed by atoms with E-state index in [2.05, 4.69) is 5.32 Å². The van der Waals surface area contributed by atoms with Crippen LogP contribution in [0.15, 0.2) is 82.6 Å². The van der Waals surface area contributed by atoms with E-state index in [1.807, 2.05) is 0 Å². The fourth-order valence-corrected chi connectivity index (χ4v) is 8.08. The second-order valence-corrected chi connectivity index (χ2v) is 11.9. The molecule has 220 valence electrons. The minimum atomic E-state index is -4.73. The van der Waals surface area contributed by atoms with Gasteiger partial charge in [0.25, 0.3) is 0 Å². The molecule has 0 aliphatic carbocycles. The zero-order valence-corrected chi connectivity index (χ0v) is 23.2. The fourth-order valence-electron chi connectivity index (χ4n) is 5.30. The number of benzene rings is 3. The molecule has 0 radical (unpaired) electrons. The molecule has 6 rings (SSSR count). The van der Waals surface area contributed by atoms with Gasteiger partial charge in [-0.15, -0.1) is 0 Å². The van der Waals surface area contributed by atoms with Crippen LogP contribution < -0.4 is 15.1 Å². The number of hydrogen-bond acceptors (Lipinski definition) is 6. The molecule has 0 saturated carbocycles. The monoisotopic (exact) mass is 631 g/mol. The summed E-state index contributed by atoms with van der Waals surface area (Å²) in [6.07, 6.45) is -4.73. The molecular weight excluding hydrogens is 613 g/mol. The summed E-state index contributed by atoms with van der Waals surface area (Å²) in [5, 5.41) is 1.35. The predicted molar refractivity (Wildman–Crippen MR) is 149 cm³/mol. The van der Waals surface area contributed by atoms with Crippen molar-refractivity contribution in [1.29, 1.82) is 0 Å². The smallest absolute Gasteiger partial charge is 0.324 e. The summed E-state index contributed by atoms with van der Waals surface area (Å²) in [6, 6.07) is 14.4. The number of alkyl halides is 3. The Morgan fingerprint density at radius 2 is 1.49 bits per heavy atom.